The maximum absolute atomic E-state index is 14.4. The standard InChI is InChI=1S/C49H48N4O6/c1-4-43(36-10-6-5-7-11-36)53-28-39-26-46-45(58-30-47(59-46)37-16-18-40(19-17-37)57-29-34-9-8-21-50-27-34)25-38(39)24-44(53)48(54)52-42(49(55)56)23-33-12-14-35(15-13-33)41-20-22-51-32(3)31(41)2/h5-22,25-27,42-44,47H,4,23-24,28-30H2,1-3H3,(H,52,54)(H,55,56)/t42?,43-,44-,47+/m0/s1. The first kappa shape index (κ1) is 39.3. The summed E-state index contributed by atoms with van der Waals surface area (Å²) in [4.78, 5) is 37.9. The van der Waals surface area contributed by atoms with Crippen molar-refractivity contribution in [1.29, 1.82) is 0 Å². The van der Waals surface area contributed by atoms with Gasteiger partial charge in [-0.05, 0) is 108 Å². The van der Waals surface area contributed by atoms with Crippen molar-refractivity contribution in [2.24, 2.45) is 0 Å². The molecule has 2 aromatic heterocycles. The number of hydrogen-bond donors (Lipinski definition) is 2. The number of aliphatic carboxylic acids is 1. The van der Waals surface area contributed by atoms with Crippen molar-refractivity contribution in [3.05, 3.63) is 172 Å². The highest BCUT2D eigenvalue weighted by atomic mass is 16.6. The molecule has 0 fully saturated rings. The summed E-state index contributed by atoms with van der Waals surface area (Å²) in [7, 11) is 0. The fraction of sp³-hybridized carbons (Fsp3) is 0.265. The summed E-state index contributed by atoms with van der Waals surface area (Å²) in [5, 5.41) is 13.3. The molecule has 300 valence electrons. The number of benzene rings is 4. The number of nitrogens with zero attached hydrogens (tertiary/aromatic N) is 3. The minimum absolute atomic E-state index is 0.0870. The zero-order chi connectivity index (χ0) is 40.9. The van der Waals surface area contributed by atoms with Gasteiger partial charge in [0, 0.05) is 48.9 Å². The van der Waals surface area contributed by atoms with Gasteiger partial charge in [0.05, 0.1) is 6.04 Å². The van der Waals surface area contributed by atoms with Gasteiger partial charge in [0.15, 0.2) is 17.6 Å². The van der Waals surface area contributed by atoms with Crippen molar-refractivity contribution in [1.82, 2.24) is 20.2 Å². The first-order valence-electron chi connectivity index (χ1n) is 20.2. The Morgan fingerprint density at radius 2 is 1.68 bits per heavy atom. The molecular formula is C49H48N4O6. The Labute approximate surface area is 344 Å². The number of carboxylic acid groups (broad SMARTS) is 1. The Balaban J connectivity index is 1.00. The van der Waals surface area contributed by atoms with Crippen molar-refractivity contribution >= 4 is 11.9 Å². The Morgan fingerprint density at radius 1 is 0.898 bits per heavy atom. The number of pyridine rings is 2. The predicted molar refractivity (Wildman–Crippen MR) is 225 cm³/mol. The lowest BCUT2D eigenvalue weighted by molar-refractivity contribution is -0.143. The molecule has 2 aliphatic rings. The smallest absolute Gasteiger partial charge is 0.326 e. The van der Waals surface area contributed by atoms with Gasteiger partial charge in [-0.25, -0.2) is 4.79 Å². The molecule has 2 N–H and O–H groups in total. The zero-order valence-electron chi connectivity index (χ0n) is 33.5. The fourth-order valence-electron chi connectivity index (χ4n) is 8.15. The van der Waals surface area contributed by atoms with E-state index < -0.39 is 18.1 Å². The molecule has 8 rings (SSSR count). The monoisotopic (exact) mass is 788 g/mol. The van der Waals surface area contributed by atoms with Crippen LogP contribution >= 0.6 is 0 Å². The van der Waals surface area contributed by atoms with Gasteiger partial charge >= 0.3 is 5.97 Å². The molecule has 0 spiro atoms. The Morgan fingerprint density at radius 3 is 2.41 bits per heavy atom. The normalized spacial score (nSPS) is 17.0. The van der Waals surface area contributed by atoms with Crippen LogP contribution in [0.2, 0.25) is 0 Å². The average Bonchev–Trinajstić information content (AvgIpc) is 3.26. The van der Waals surface area contributed by atoms with Crippen LogP contribution < -0.4 is 19.5 Å². The molecule has 10 heteroatoms. The third-order valence-corrected chi connectivity index (χ3v) is 11.5. The largest absolute Gasteiger partial charge is 0.489 e. The van der Waals surface area contributed by atoms with Crippen molar-refractivity contribution in [2.75, 3.05) is 6.61 Å². The lowest BCUT2D eigenvalue weighted by atomic mass is 9.89. The van der Waals surface area contributed by atoms with Crippen molar-refractivity contribution in [2.45, 2.75) is 77.4 Å². The topological polar surface area (TPSA) is 123 Å². The summed E-state index contributed by atoms with van der Waals surface area (Å²) in [6, 6.07) is 33.9. The highest BCUT2D eigenvalue weighted by Crippen LogP contribution is 2.42. The van der Waals surface area contributed by atoms with E-state index in [1.165, 1.54) is 0 Å². The van der Waals surface area contributed by atoms with E-state index in [2.05, 4.69) is 39.2 Å². The van der Waals surface area contributed by atoms with E-state index in [-0.39, 0.29) is 24.5 Å². The molecule has 0 bridgehead atoms. The van der Waals surface area contributed by atoms with Crippen LogP contribution in [0.5, 0.6) is 17.2 Å². The quantitative estimate of drug-likeness (QED) is 0.119. The number of aryl methyl sites for hydroxylation is 1. The number of aromatic nitrogens is 2. The lowest BCUT2D eigenvalue weighted by Gasteiger charge is -2.42. The van der Waals surface area contributed by atoms with Crippen molar-refractivity contribution < 1.29 is 28.9 Å². The number of ether oxygens (including phenoxy) is 3. The van der Waals surface area contributed by atoms with Gasteiger partial charge in [-0.1, -0.05) is 79.7 Å². The summed E-state index contributed by atoms with van der Waals surface area (Å²) in [6.45, 7) is 7.37. The number of amides is 1. The molecule has 4 heterocycles. The van der Waals surface area contributed by atoms with Gasteiger partial charge in [0.1, 0.15) is 25.0 Å². The number of nitrogens with one attached hydrogen (secondary N) is 1. The molecule has 1 unspecified atom stereocenters. The van der Waals surface area contributed by atoms with Crippen LogP contribution in [0.15, 0.2) is 128 Å². The summed E-state index contributed by atoms with van der Waals surface area (Å²) >= 11 is 0. The number of fused-ring (bicyclic) bond motifs is 2. The lowest BCUT2D eigenvalue weighted by Crippen LogP contribution is -2.55. The second-order valence-corrected chi connectivity index (χ2v) is 15.3. The molecule has 4 aromatic carbocycles. The van der Waals surface area contributed by atoms with Gasteiger partial charge in [0.25, 0.3) is 0 Å². The summed E-state index contributed by atoms with van der Waals surface area (Å²) < 4.78 is 18.8. The summed E-state index contributed by atoms with van der Waals surface area (Å²) in [6.07, 6.45) is 6.30. The van der Waals surface area contributed by atoms with E-state index in [9.17, 15) is 14.7 Å². The van der Waals surface area contributed by atoms with E-state index in [1.54, 1.807) is 18.6 Å². The fourth-order valence-corrected chi connectivity index (χ4v) is 8.15. The van der Waals surface area contributed by atoms with Crippen LogP contribution in [-0.2, 0) is 35.6 Å². The van der Waals surface area contributed by atoms with Crippen LogP contribution in [0.25, 0.3) is 11.1 Å². The van der Waals surface area contributed by atoms with E-state index >= 15 is 0 Å². The molecule has 2 aliphatic heterocycles. The Kier molecular flexibility index (Phi) is 11.7. The van der Waals surface area contributed by atoms with E-state index in [4.69, 9.17) is 14.2 Å². The van der Waals surface area contributed by atoms with Gasteiger partial charge in [0.2, 0.25) is 5.91 Å². The minimum Gasteiger partial charge on any atom is -0.489 e. The van der Waals surface area contributed by atoms with Gasteiger partial charge in [-0.2, -0.15) is 0 Å². The number of rotatable bonds is 13. The molecule has 59 heavy (non-hydrogen) atoms. The van der Waals surface area contributed by atoms with Gasteiger partial charge < -0.3 is 24.6 Å². The first-order chi connectivity index (χ1) is 28.7. The molecule has 0 saturated carbocycles. The van der Waals surface area contributed by atoms with Gasteiger partial charge in [-0.15, -0.1) is 0 Å². The average molecular weight is 789 g/mol. The number of hydrogen-bond acceptors (Lipinski definition) is 8. The molecule has 0 aliphatic carbocycles. The summed E-state index contributed by atoms with van der Waals surface area (Å²) in [5.74, 6) is 0.630. The predicted octanol–water partition coefficient (Wildman–Crippen LogP) is 8.54. The second-order valence-electron chi connectivity index (χ2n) is 15.3. The SMILES string of the molecule is CC[C@@H](c1ccccc1)N1Cc2cc3c(cc2C[C@H]1C(=O)NC(Cc1ccc(-c2ccnc(C)c2C)cc1)C(=O)O)OC[C@H](c1ccc(OCc2cccnc2)cc1)O3. The van der Waals surface area contributed by atoms with E-state index in [0.717, 1.165) is 67.9 Å². The Hall–Kier alpha value is -6.52. The van der Waals surface area contributed by atoms with Crippen LogP contribution in [0, 0.1) is 13.8 Å². The molecule has 0 radical (unpaired) electrons. The Bertz CT molecular complexity index is 2410. The molecular weight excluding hydrogens is 741 g/mol. The first-order valence-corrected chi connectivity index (χ1v) is 20.2. The molecule has 6 aromatic rings. The van der Waals surface area contributed by atoms with Crippen LogP contribution in [0.3, 0.4) is 0 Å². The van der Waals surface area contributed by atoms with Crippen LogP contribution in [0.4, 0.5) is 0 Å². The third-order valence-electron chi connectivity index (χ3n) is 11.5. The highest BCUT2D eigenvalue weighted by Gasteiger charge is 2.38. The van der Waals surface area contributed by atoms with E-state index in [1.807, 2.05) is 111 Å². The minimum atomic E-state index is -1.11. The third kappa shape index (κ3) is 8.83. The molecule has 0 saturated heterocycles. The number of carbonyl (C=O) groups is 2. The number of carboxylic acids is 1. The maximum Gasteiger partial charge on any atom is 0.326 e. The van der Waals surface area contributed by atoms with Crippen molar-refractivity contribution in [3.63, 3.8) is 0 Å². The zero-order valence-corrected chi connectivity index (χ0v) is 33.5. The van der Waals surface area contributed by atoms with Crippen molar-refractivity contribution in [3.8, 4) is 28.4 Å². The van der Waals surface area contributed by atoms with E-state index in [0.29, 0.717) is 37.7 Å². The molecule has 4 atom stereocenters. The van der Waals surface area contributed by atoms with Gasteiger partial charge in [-0.3, -0.25) is 19.7 Å². The van der Waals surface area contributed by atoms with Crippen LogP contribution in [-0.4, -0.2) is 50.5 Å². The second kappa shape index (κ2) is 17.5. The molecule has 10 nitrogen and oxygen atoms in total. The van der Waals surface area contributed by atoms with Crippen LogP contribution in [0.1, 0.15) is 70.1 Å². The maximum atomic E-state index is 14.4. The molecule has 1 amide bonds. The number of carbonyl (C=O) groups excluding carboxylic acids is 1. The summed E-state index contributed by atoms with van der Waals surface area (Å²) in [5.41, 5.74) is 10.1. The highest BCUT2D eigenvalue weighted by molar-refractivity contribution is 5.87.